The highest BCUT2D eigenvalue weighted by Gasteiger charge is 2.32. The van der Waals surface area contributed by atoms with Gasteiger partial charge in [-0.2, -0.15) is 0 Å². The van der Waals surface area contributed by atoms with Crippen molar-refractivity contribution in [2.24, 2.45) is 0 Å². The lowest BCUT2D eigenvalue weighted by Gasteiger charge is -2.19. The molecule has 8 nitrogen and oxygen atoms in total. The van der Waals surface area contributed by atoms with Gasteiger partial charge in [-0.3, -0.25) is 14.5 Å². The minimum atomic E-state index is -0.983. The Labute approximate surface area is 192 Å². The fourth-order valence-electron chi connectivity index (χ4n) is 2.97. The molecule has 158 valence electrons. The minimum Gasteiger partial charge on any atom is -0.487 e. The highest BCUT2D eigenvalue weighted by molar-refractivity contribution is 6.33. The number of hydrogen-bond donors (Lipinski definition) is 1. The van der Waals surface area contributed by atoms with Crippen LogP contribution < -0.4 is 15.0 Å². The molecule has 1 aliphatic heterocycles. The Morgan fingerprint density at radius 2 is 1.87 bits per heavy atom. The molecule has 2 aromatic heterocycles. The fourth-order valence-corrected chi connectivity index (χ4v) is 3.44. The molecule has 0 fully saturated rings. The topological polar surface area (TPSA) is 97.3 Å². The third-order valence-corrected chi connectivity index (χ3v) is 5.26. The van der Waals surface area contributed by atoms with E-state index >= 15 is 0 Å². The van der Waals surface area contributed by atoms with Crippen molar-refractivity contribution < 1.29 is 14.3 Å². The molecule has 0 saturated carbocycles. The van der Waals surface area contributed by atoms with Crippen LogP contribution in [0.2, 0.25) is 15.1 Å². The molecule has 2 amide bonds. The van der Waals surface area contributed by atoms with Crippen LogP contribution in [0.1, 0.15) is 10.6 Å². The molecule has 0 spiro atoms. The van der Waals surface area contributed by atoms with E-state index in [0.717, 1.165) is 0 Å². The van der Waals surface area contributed by atoms with Crippen LogP contribution >= 0.6 is 34.8 Å². The van der Waals surface area contributed by atoms with Gasteiger partial charge in [0.15, 0.2) is 11.6 Å². The molecular weight excluding hydrogens is 465 g/mol. The molecule has 0 saturated heterocycles. The normalized spacial score (nSPS) is 15.7. The third kappa shape index (κ3) is 4.41. The predicted molar refractivity (Wildman–Crippen MR) is 117 cm³/mol. The molecule has 3 heterocycles. The quantitative estimate of drug-likeness (QED) is 0.617. The van der Waals surface area contributed by atoms with Crippen LogP contribution in [0.3, 0.4) is 0 Å². The number of nitrogens with zero attached hydrogens (tertiary/aromatic N) is 4. The predicted octanol–water partition coefficient (Wildman–Crippen LogP) is 3.65. The van der Waals surface area contributed by atoms with Gasteiger partial charge in [-0.05, 0) is 12.1 Å². The Hall–Kier alpha value is -2.94. The second kappa shape index (κ2) is 8.66. The van der Waals surface area contributed by atoms with E-state index in [-0.39, 0.29) is 17.5 Å². The van der Waals surface area contributed by atoms with Crippen LogP contribution in [0.5, 0.6) is 5.75 Å². The van der Waals surface area contributed by atoms with Gasteiger partial charge in [0, 0.05) is 29.9 Å². The zero-order valence-corrected chi connectivity index (χ0v) is 18.2. The largest absolute Gasteiger partial charge is 0.487 e. The number of likely N-dealkylation sites (N-methyl/N-ethyl adjacent to an activating group) is 1. The number of rotatable bonds is 3. The summed E-state index contributed by atoms with van der Waals surface area (Å²) < 4.78 is 5.64. The standard InChI is InChI=1S/C20H14Cl3N5O3/c1-28-18-15(6-12(22)7-25-18)31-9-14(20(28)30)26-19(29)17-24-8-13(23)16(27-17)10-2-4-11(21)5-3-10/h2-8,14H,9H2,1H3,(H,26,29)/t14-/m0/s1. The number of pyridine rings is 1. The van der Waals surface area contributed by atoms with Gasteiger partial charge in [-0.25, -0.2) is 15.0 Å². The molecule has 0 unspecified atom stereocenters. The summed E-state index contributed by atoms with van der Waals surface area (Å²) in [4.78, 5) is 39.3. The zero-order valence-electron chi connectivity index (χ0n) is 16.0. The first-order chi connectivity index (χ1) is 14.8. The Morgan fingerprint density at radius 1 is 1.13 bits per heavy atom. The van der Waals surface area contributed by atoms with E-state index < -0.39 is 17.9 Å². The molecule has 31 heavy (non-hydrogen) atoms. The van der Waals surface area contributed by atoms with Gasteiger partial charge >= 0.3 is 0 Å². The maximum absolute atomic E-state index is 12.8. The smallest absolute Gasteiger partial charge is 0.289 e. The number of halogens is 3. The van der Waals surface area contributed by atoms with Crippen molar-refractivity contribution in [3.05, 3.63) is 63.6 Å². The SMILES string of the molecule is CN1C(=O)[C@@H](NC(=O)c2ncc(Cl)c(-c3ccc(Cl)cc3)n2)COc2cc(Cl)cnc21. The summed E-state index contributed by atoms with van der Waals surface area (Å²) in [6.07, 6.45) is 2.74. The number of fused-ring (bicyclic) bond motifs is 1. The molecule has 3 aromatic rings. The first-order valence-electron chi connectivity index (χ1n) is 8.98. The molecule has 1 aromatic carbocycles. The van der Waals surface area contributed by atoms with E-state index in [9.17, 15) is 9.59 Å². The van der Waals surface area contributed by atoms with Crippen molar-refractivity contribution >= 4 is 52.4 Å². The van der Waals surface area contributed by atoms with E-state index in [4.69, 9.17) is 39.5 Å². The highest BCUT2D eigenvalue weighted by Crippen LogP contribution is 2.31. The van der Waals surface area contributed by atoms with Gasteiger partial charge in [0.25, 0.3) is 11.8 Å². The third-order valence-electron chi connectivity index (χ3n) is 4.52. The van der Waals surface area contributed by atoms with Gasteiger partial charge in [-0.15, -0.1) is 0 Å². The molecule has 0 radical (unpaired) electrons. The molecule has 0 aliphatic carbocycles. The van der Waals surface area contributed by atoms with Crippen molar-refractivity contribution in [3.63, 3.8) is 0 Å². The first kappa shape index (κ1) is 21.3. The van der Waals surface area contributed by atoms with Crippen molar-refractivity contribution in [2.45, 2.75) is 6.04 Å². The Morgan fingerprint density at radius 3 is 2.61 bits per heavy atom. The summed E-state index contributed by atoms with van der Waals surface area (Å²) >= 11 is 18.1. The Balaban J connectivity index is 1.56. The number of amides is 2. The molecule has 4 rings (SSSR count). The van der Waals surface area contributed by atoms with Crippen LogP contribution in [-0.4, -0.2) is 46.5 Å². The zero-order chi connectivity index (χ0) is 22.1. The maximum Gasteiger partial charge on any atom is 0.289 e. The van der Waals surface area contributed by atoms with Crippen molar-refractivity contribution in [1.82, 2.24) is 20.3 Å². The maximum atomic E-state index is 12.8. The number of benzene rings is 1. The molecular formula is C20H14Cl3N5O3. The van der Waals surface area contributed by atoms with Crippen LogP contribution in [-0.2, 0) is 4.79 Å². The summed E-state index contributed by atoms with van der Waals surface area (Å²) in [5.41, 5.74) is 1.03. The van der Waals surface area contributed by atoms with Gasteiger partial charge in [0.1, 0.15) is 12.6 Å². The molecule has 1 atom stereocenters. The first-order valence-corrected chi connectivity index (χ1v) is 10.1. The highest BCUT2D eigenvalue weighted by atomic mass is 35.5. The lowest BCUT2D eigenvalue weighted by atomic mass is 10.1. The molecule has 11 heteroatoms. The monoisotopic (exact) mass is 477 g/mol. The molecule has 1 N–H and O–H groups in total. The van der Waals surface area contributed by atoms with E-state index in [0.29, 0.717) is 32.9 Å². The van der Waals surface area contributed by atoms with Crippen LogP contribution in [0.25, 0.3) is 11.3 Å². The number of carbonyl (C=O) groups is 2. The summed E-state index contributed by atoms with van der Waals surface area (Å²) in [6.45, 7) is -0.110. The van der Waals surface area contributed by atoms with E-state index in [1.165, 1.54) is 24.3 Å². The van der Waals surface area contributed by atoms with Crippen molar-refractivity contribution in [3.8, 4) is 17.0 Å². The molecule has 1 aliphatic rings. The van der Waals surface area contributed by atoms with Crippen LogP contribution in [0.4, 0.5) is 5.82 Å². The minimum absolute atomic E-state index is 0.110. The van der Waals surface area contributed by atoms with Gasteiger partial charge in [0.05, 0.1) is 21.9 Å². The summed E-state index contributed by atoms with van der Waals surface area (Å²) in [7, 11) is 1.54. The summed E-state index contributed by atoms with van der Waals surface area (Å²) in [6, 6.07) is 7.40. The average Bonchev–Trinajstić information content (AvgIpc) is 2.86. The Bertz CT molecular complexity index is 1170. The number of anilines is 1. The number of nitrogens with one attached hydrogen (secondary N) is 1. The average molecular weight is 479 g/mol. The van der Waals surface area contributed by atoms with Crippen LogP contribution in [0.15, 0.2) is 42.7 Å². The summed E-state index contributed by atoms with van der Waals surface area (Å²) in [5.74, 6) is -0.562. The second-order valence-corrected chi connectivity index (χ2v) is 7.89. The van der Waals surface area contributed by atoms with Gasteiger partial charge < -0.3 is 10.1 Å². The Kier molecular flexibility index (Phi) is 5.95. The van der Waals surface area contributed by atoms with Crippen LogP contribution in [0, 0.1) is 0 Å². The van der Waals surface area contributed by atoms with Gasteiger partial charge in [0.2, 0.25) is 5.82 Å². The fraction of sp³-hybridized carbons (Fsp3) is 0.150. The second-order valence-electron chi connectivity index (χ2n) is 6.61. The lowest BCUT2D eigenvalue weighted by Crippen LogP contribution is -2.49. The van der Waals surface area contributed by atoms with Crippen molar-refractivity contribution in [2.75, 3.05) is 18.6 Å². The number of hydrogen-bond acceptors (Lipinski definition) is 6. The van der Waals surface area contributed by atoms with Gasteiger partial charge in [-0.1, -0.05) is 46.9 Å². The number of carbonyl (C=O) groups excluding carboxylic acids is 2. The number of ether oxygens (including phenoxy) is 1. The van der Waals surface area contributed by atoms with Crippen molar-refractivity contribution in [1.29, 1.82) is 0 Å². The summed E-state index contributed by atoms with van der Waals surface area (Å²) in [5, 5.41) is 3.80. The molecule has 0 bridgehead atoms. The van der Waals surface area contributed by atoms with E-state index in [1.807, 2.05) is 0 Å². The number of aromatic nitrogens is 3. The lowest BCUT2D eigenvalue weighted by molar-refractivity contribution is -0.120. The van der Waals surface area contributed by atoms with E-state index in [1.54, 1.807) is 30.3 Å². The van der Waals surface area contributed by atoms with E-state index in [2.05, 4.69) is 20.3 Å².